The molecule has 3 aliphatic rings. The van der Waals surface area contributed by atoms with Crippen LogP contribution < -0.4 is 19.5 Å². The van der Waals surface area contributed by atoms with E-state index in [1.807, 2.05) is 0 Å². The van der Waals surface area contributed by atoms with Gasteiger partial charge in [0, 0.05) is 24.6 Å². The van der Waals surface area contributed by atoms with Gasteiger partial charge in [-0.3, -0.25) is 10.2 Å². The van der Waals surface area contributed by atoms with E-state index in [0.717, 1.165) is 25.9 Å². The summed E-state index contributed by atoms with van der Waals surface area (Å²) < 4.78 is 32.0. The lowest BCUT2D eigenvalue weighted by Crippen LogP contribution is -2.52. The normalized spacial score (nSPS) is 19.3. The number of halogens is 3. The monoisotopic (exact) mass is 737 g/mol. The Balaban J connectivity index is 1.36. The van der Waals surface area contributed by atoms with Crippen molar-refractivity contribution in [1.29, 1.82) is 0 Å². The SMILES string of the molecule is COc1ccc([C@H](Cc2c(Cl)c[n+]([O-])cc2Cl)c2cc(CNC(C(=O)O[C@H]3CN4CCC3CC4)c3cccc(F)c3)ccc2C(=O)O)cc1OC. The van der Waals surface area contributed by atoms with E-state index in [2.05, 4.69) is 10.2 Å². The first kappa shape index (κ1) is 36.4. The van der Waals surface area contributed by atoms with Gasteiger partial charge in [0.25, 0.3) is 0 Å². The topological polar surface area (TPSA) is 124 Å². The van der Waals surface area contributed by atoms with Crippen LogP contribution in [0.1, 0.15) is 63.0 Å². The second-order valence-electron chi connectivity index (χ2n) is 12.9. The third-order valence-corrected chi connectivity index (χ3v) is 10.4. The van der Waals surface area contributed by atoms with Crippen LogP contribution in [0.25, 0.3) is 0 Å². The average Bonchev–Trinajstić information content (AvgIpc) is 3.11. The molecule has 51 heavy (non-hydrogen) atoms. The summed E-state index contributed by atoms with van der Waals surface area (Å²) in [6, 6.07) is 15.0. The lowest BCUT2D eigenvalue weighted by atomic mass is 9.82. The number of carboxylic acids is 1. The van der Waals surface area contributed by atoms with Crippen molar-refractivity contribution in [3.63, 3.8) is 0 Å². The fourth-order valence-corrected chi connectivity index (χ4v) is 7.72. The molecular weight excluding hydrogens is 700 g/mol. The zero-order chi connectivity index (χ0) is 36.2. The molecule has 3 aliphatic heterocycles. The van der Waals surface area contributed by atoms with Crippen LogP contribution >= 0.6 is 23.2 Å². The standard InChI is InChI=1S/C38H38Cl2FN3O7/c1-49-33-9-7-24(16-34(33)50-2)28(17-30-31(39)19-44(48)20-32(30)40)29-14-22(6-8-27(29)37(45)46)18-42-36(25-4-3-5-26(41)15-25)38(47)51-35-21-43-12-10-23(35)11-13-43/h3-9,14-16,19-20,23,28,35-36,42H,10-13,17-18,21H2,1-2H3,(H,45,46)/t28-,35-,36?/m0/s1. The van der Waals surface area contributed by atoms with Gasteiger partial charge in [-0.2, -0.15) is 4.73 Å². The van der Waals surface area contributed by atoms with Crippen molar-refractivity contribution in [3.05, 3.63) is 128 Å². The van der Waals surface area contributed by atoms with Gasteiger partial charge in [-0.15, -0.1) is 0 Å². The number of aromatic carboxylic acids is 1. The van der Waals surface area contributed by atoms with Gasteiger partial charge < -0.3 is 24.5 Å². The van der Waals surface area contributed by atoms with Gasteiger partial charge in [-0.1, -0.05) is 53.5 Å². The number of carbonyl (C=O) groups is 2. The molecular formula is C38H38Cl2FN3O7. The Morgan fingerprint density at radius 2 is 1.73 bits per heavy atom. The highest BCUT2D eigenvalue weighted by Gasteiger charge is 2.38. The van der Waals surface area contributed by atoms with Crippen LogP contribution in [0.15, 0.2) is 73.1 Å². The first-order chi connectivity index (χ1) is 24.5. The molecule has 3 fully saturated rings. The van der Waals surface area contributed by atoms with Gasteiger partial charge >= 0.3 is 11.9 Å². The molecule has 268 valence electrons. The Morgan fingerprint density at radius 3 is 2.35 bits per heavy atom. The number of nitrogens with one attached hydrogen (secondary N) is 1. The van der Waals surface area contributed by atoms with Gasteiger partial charge in [0.15, 0.2) is 23.9 Å². The summed E-state index contributed by atoms with van der Waals surface area (Å²) in [6.45, 7) is 2.77. The number of carboxylic acid groups (broad SMARTS) is 1. The summed E-state index contributed by atoms with van der Waals surface area (Å²) in [4.78, 5) is 28.7. The molecule has 0 radical (unpaired) electrons. The van der Waals surface area contributed by atoms with Crippen molar-refractivity contribution in [2.45, 2.75) is 43.9 Å². The summed E-state index contributed by atoms with van der Waals surface area (Å²) in [5.74, 6) is -1.59. The molecule has 3 atom stereocenters. The smallest absolute Gasteiger partial charge is 0.335 e. The predicted octanol–water partition coefficient (Wildman–Crippen LogP) is 6.32. The van der Waals surface area contributed by atoms with E-state index in [-0.39, 0.29) is 40.6 Å². The van der Waals surface area contributed by atoms with Gasteiger partial charge in [0.05, 0.1) is 19.8 Å². The van der Waals surface area contributed by atoms with E-state index in [1.165, 1.54) is 44.8 Å². The van der Waals surface area contributed by atoms with Crippen LogP contribution in [-0.2, 0) is 22.5 Å². The number of hydrogen-bond acceptors (Lipinski definition) is 8. The predicted molar refractivity (Wildman–Crippen MR) is 189 cm³/mol. The molecule has 2 N–H and O–H groups in total. The number of hydrogen-bond donors (Lipinski definition) is 2. The number of rotatable bonds is 13. The molecule has 2 bridgehead atoms. The minimum absolute atomic E-state index is 0.0315. The molecule has 0 amide bonds. The third-order valence-electron chi connectivity index (χ3n) is 9.79. The highest BCUT2D eigenvalue weighted by Crippen LogP contribution is 2.39. The zero-order valence-corrected chi connectivity index (χ0v) is 29.6. The van der Waals surface area contributed by atoms with Crippen molar-refractivity contribution in [3.8, 4) is 11.5 Å². The molecule has 3 aromatic carbocycles. The summed E-state index contributed by atoms with van der Waals surface area (Å²) >= 11 is 13.0. The van der Waals surface area contributed by atoms with Gasteiger partial charge in [-0.25, -0.2) is 14.0 Å². The van der Waals surface area contributed by atoms with Crippen molar-refractivity contribution >= 4 is 35.1 Å². The van der Waals surface area contributed by atoms with Crippen LogP contribution in [-0.4, -0.2) is 61.9 Å². The summed E-state index contributed by atoms with van der Waals surface area (Å²) in [5.41, 5.74) is 2.65. The molecule has 10 nitrogen and oxygen atoms in total. The number of ether oxygens (including phenoxy) is 3. The zero-order valence-electron chi connectivity index (χ0n) is 28.1. The average molecular weight is 739 g/mol. The Bertz CT molecular complexity index is 1900. The van der Waals surface area contributed by atoms with E-state index < -0.39 is 29.7 Å². The molecule has 3 saturated heterocycles. The Hall–Kier alpha value is -4.42. The van der Waals surface area contributed by atoms with Gasteiger partial charge in [0.1, 0.15) is 28.0 Å². The molecule has 1 unspecified atom stereocenters. The maximum absolute atomic E-state index is 14.4. The second-order valence-corrected chi connectivity index (χ2v) is 13.7. The van der Waals surface area contributed by atoms with E-state index in [1.54, 1.807) is 42.5 Å². The minimum Gasteiger partial charge on any atom is -0.619 e. The number of esters is 1. The first-order valence-electron chi connectivity index (χ1n) is 16.6. The number of pyridine rings is 1. The van der Waals surface area contributed by atoms with Crippen molar-refractivity contribution < 1.29 is 38.0 Å². The minimum atomic E-state index is -1.16. The van der Waals surface area contributed by atoms with Crippen molar-refractivity contribution in [2.75, 3.05) is 33.9 Å². The van der Waals surface area contributed by atoms with Crippen LogP contribution in [0.5, 0.6) is 11.5 Å². The number of methoxy groups -OCH3 is 2. The molecule has 1 aromatic heterocycles. The third kappa shape index (κ3) is 8.23. The van der Waals surface area contributed by atoms with E-state index >= 15 is 0 Å². The van der Waals surface area contributed by atoms with Crippen LogP contribution in [0.3, 0.4) is 0 Å². The molecule has 0 saturated carbocycles. The Morgan fingerprint density at radius 1 is 1.00 bits per heavy atom. The number of piperidine rings is 3. The fourth-order valence-electron chi connectivity index (χ4n) is 7.12. The first-order valence-corrected chi connectivity index (χ1v) is 17.4. The lowest BCUT2D eigenvalue weighted by Gasteiger charge is -2.44. The molecule has 4 aromatic rings. The molecule has 4 heterocycles. The van der Waals surface area contributed by atoms with Crippen molar-refractivity contribution in [1.82, 2.24) is 10.2 Å². The maximum Gasteiger partial charge on any atom is 0.335 e. The van der Waals surface area contributed by atoms with Crippen LogP contribution in [0, 0.1) is 16.9 Å². The fraction of sp³-hybridized carbons (Fsp3) is 0.342. The second kappa shape index (κ2) is 15.9. The van der Waals surface area contributed by atoms with Crippen LogP contribution in [0.4, 0.5) is 4.39 Å². The van der Waals surface area contributed by atoms with Gasteiger partial charge in [-0.05, 0) is 90.9 Å². The van der Waals surface area contributed by atoms with E-state index in [4.69, 9.17) is 37.4 Å². The van der Waals surface area contributed by atoms with E-state index in [9.17, 15) is 24.3 Å². The quantitative estimate of drug-likeness (QED) is 0.0921. The largest absolute Gasteiger partial charge is 0.619 e. The number of nitrogens with zero attached hydrogens (tertiary/aromatic N) is 2. The highest BCUT2D eigenvalue weighted by molar-refractivity contribution is 6.35. The number of aromatic nitrogens is 1. The van der Waals surface area contributed by atoms with Crippen molar-refractivity contribution in [2.24, 2.45) is 5.92 Å². The molecule has 0 spiro atoms. The summed E-state index contributed by atoms with van der Waals surface area (Å²) in [7, 11) is 3.01. The summed E-state index contributed by atoms with van der Waals surface area (Å²) in [5, 5.41) is 25.9. The van der Waals surface area contributed by atoms with E-state index in [0.29, 0.717) is 50.6 Å². The van der Waals surface area contributed by atoms with Gasteiger partial charge in [0.2, 0.25) is 0 Å². The number of fused-ring (bicyclic) bond motifs is 3. The number of benzene rings is 3. The maximum atomic E-state index is 14.4. The molecule has 7 rings (SSSR count). The molecule has 0 aliphatic carbocycles. The number of carbonyl (C=O) groups excluding carboxylic acids is 1. The van der Waals surface area contributed by atoms with Crippen LogP contribution in [0.2, 0.25) is 10.0 Å². The Labute approximate surface area is 305 Å². The summed E-state index contributed by atoms with van der Waals surface area (Å²) in [6.07, 6.45) is 4.19. The highest BCUT2D eigenvalue weighted by atomic mass is 35.5. The lowest BCUT2D eigenvalue weighted by molar-refractivity contribution is -0.605. The Kier molecular flexibility index (Phi) is 11.3. The molecule has 13 heteroatoms.